The first-order chi connectivity index (χ1) is 11.1. The lowest BCUT2D eigenvalue weighted by Crippen LogP contribution is -2.52. The normalized spacial score (nSPS) is 20.4. The lowest BCUT2D eigenvalue weighted by atomic mass is 9.76. The Kier molecular flexibility index (Phi) is 3.70. The van der Waals surface area contributed by atoms with Crippen LogP contribution >= 0.6 is 0 Å². The molecular formula is C14H15F3N2O4S. The molecule has 1 aliphatic carbocycles. The van der Waals surface area contributed by atoms with E-state index in [1.54, 1.807) is 16.8 Å². The Labute approximate surface area is 136 Å². The van der Waals surface area contributed by atoms with Gasteiger partial charge in [-0.2, -0.15) is 21.6 Å². The number of alkyl halides is 3. The van der Waals surface area contributed by atoms with Crippen LogP contribution in [0.4, 0.5) is 23.7 Å². The fourth-order valence-electron chi connectivity index (χ4n) is 3.13. The van der Waals surface area contributed by atoms with Gasteiger partial charge in [0, 0.05) is 19.3 Å². The van der Waals surface area contributed by atoms with Crippen molar-refractivity contribution in [1.29, 1.82) is 0 Å². The van der Waals surface area contributed by atoms with E-state index in [4.69, 9.17) is 0 Å². The second-order valence-electron chi connectivity index (χ2n) is 6.03. The molecule has 1 spiro atoms. The van der Waals surface area contributed by atoms with Crippen molar-refractivity contribution in [2.45, 2.75) is 30.3 Å². The van der Waals surface area contributed by atoms with Crippen LogP contribution in [0.15, 0.2) is 24.3 Å². The molecule has 1 aromatic rings. The molecule has 3 rings (SSSR count). The third kappa shape index (κ3) is 2.58. The standard InChI is InChI=1S/C14H15F3N2O4S/c1-18-9-13(7-2-8-13)19(12(18)20)10-3-5-11(6-4-10)23-24(21,22)14(15,16)17/h3-6H,2,7-9H2,1H3. The average Bonchev–Trinajstić information content (AvgIpc) is 2.71. The maximum absolute atomic E-state index is 12.3. The van der Waals surface area contributed by atoms with Crippen LogP contribution in [0.2, 0.25) is 0 Å². The van der Waals surface area contributed by atoms with E-state index in [0.29, 0.717) is 12.2 Å². The summed E-state index contributed by atoms with van der Waals surface area (Å²) < 4.78 is 63.0. The van der Waals surface area contributed by atoms with Gasteiger partial charge in [0.2, 0.25) is 0 Å². The van der Waals surface area contributed by atoms with E-state index in [1.807, 2.05) is 0 Å². The minimum absolute atomic E-state index is 0.189. The molecule has 0 aromatic heterocycles. The molecule has 2 fully saturated rings. The summed E-state index contributed by atoms with van der Waals surface area (Å²) in [5.41, 5.74) is -5.28. The number of nitrogens with zero attached hydrogens (tertiary/aromatic N) is 2. The van der Waals surface area contributed by atoms with E-state index in [2.05, 4.69) is 4.18 Å². The van der Waals surface area contributed by atoms with Crippen molar-refractivity contribution in [1.82, 2.24) is 4.90 Å². The number of amides is 2. The van der Waals surface area contributed by atoms with Gasteiger partial charge >= 0.3 is 21.7 Å². The Morgan fingerprint density at radius 2 is 1.75 bits per heavy atom. The van der Waals surface area contributed by atoms with Gasteiger partial charge in [-0.15, -0.1) is 0 Å². The summed E-state index contributed by atoms with van der Waals surface area (Å²) in [4.78, 5) is 15.6. The number of likely N-dealkylation sites (N-methyl/N-ethyl adjacent to an activating group) is 1. The summed E-state index contributed by atoms with van der Waals surface area (Å²) in [6.45, 7) is 0.590. The molecule has 1 saturated carbocycles. The quantitative estimate of drug-likeness (QED) is 0.611. The predicted octanol–water partition coefficient (Wildman–Crippen LogP) is 2.71. The number of anilines is 1. The minimum atomic E-state index is -5.71. The van der Waals surface area contributed by atoms with E-state index < -0.39 is 21.4 Å². The van der Waals surface area contributed by atoms with Crippen LogP contribution < -0.4 is 9.08 Å². The molecule has 2 amide bonds. The van der Waals surface area contributed by atoms with Crippen molar-refractivity contribution < 1.29 is 30.6 Å². The molecule has 0 radical (unpaired) electrons. The van der Waals surface area contributed by atoms with Gasteiger partial charge in [0.1, 0.15) is 5.75 Å². The van der Waals surface area contributed by atoms with Gasteiger partial charge < -0.3 is 9.08 Å². The van der Waals surface area contributed by atoms with Crippen molar-refractivity contribution in [3.63, 3.8) is 0 Å². The third-order valence-electron chi connectivity index (χ3n) is 4.39. The number of carbonyl (C=O) groups excluding carboxylic acids is 1. The predicted molar refractivity (Wildman–Crippen MR) is 79.1 cm³/mol. The van der Waals surface area contributed by atoms with E-state index in [9.17, 15) is 26.4 Å². The maximum Gasteiger partial charge on any atom is 0.534 e. The molecule has 2 aliphatic rings. The molecule has 0 unspecified atom stereocenters. The van der Waals surface area contributed by atoms with Gasteiger partial charge in [-0.3, -0.25) is 4.90 Å². The van der Waals surface area contributed by atoms with E-state index in [-0.39, 0.29) is 11.6 Å². The highest BCUT2D eigenvalue weighted by atomic mass is 32.2. The Balaban J connectivity index is 1.84. The Hall–Kier alpha value is -1.97. The van der Waals surface area contributed by atoms with Crippen LogP contribution in [-0.2, 0) is 10.1 Å². The summed E-state index contributed by atoms with van der Waals surface area (Å²) in [5.74, 6) is -0.460. The number of halogens is 3. The first-order valence-electron chi connectivity index (χ1n) is 7.22. The monoisotopic (exact) mass is 364 g/mol. The number of carbonyl (C=O) groups is 1. The van der Waals surface area contributed by atoms with Crippen molar-refractivity contribution in [3.8, 4) is 5.75 Å². The molecule has 1 aliphatic heterocycles. The van der Waals surface area contributed by atoms with Gasteiger partial charge in [0.15, 0.2) is 0 Å². The zero-order chi connectivity index (χ0) is 17.8. The van der Waals surface area contributed by atoms with Crippen LogP contribution in [0.3, 0.4) is 0 Å². The molecule has 0 bridgehead atoms. The van der Waals surface area contributed by atoms with Gasteiger partial charge in [-0.25, -0.2) is 4.79 Å². The molecule has 0 N–H and O–H groups in total. The molecule has 6 nitrogen and oxygen atoms in total. The average molecular weight is 364 g/mol. The largest absolute Gasteiger partial charge is 0.534 e. The topological polar surface area (TPSA) is 66.9 Å². The summed E-state index contributed by atoms with van der Waals surface area (Å²) in [7, 11) is -4.02. The highest BCUT2D eigenvalue weighted by molar-refractivity contribution is 7.88. The van der Waals surface area contributed by atoms with Crippen LogP contribution in [-0.4, -0.2) is 44.0 Å². The van der Waals surface area contributed by atoms with Crippen molar-refractivity contribution in [2.24, 2.45) is 0 Å². The number of urea groups is 1. The van der Waals surface area contributed by atoms with Crippen molar-refractivity contribution >= 4 is 21.8 Å². The summed E-state index contributed by atoms with van der Waals surface area (Å²) in [6, 6.07) is 4.80. The van der Waals surface area contributed by atoms with E-state index in [0.717, 1.165) is 31.4 Å². The Morgan fingerprint density at radius 3 is 2.21 bits per heavy atom. The van der Waals surface area contributed by atoms with Gasteiger partial charge in [-0.1, -0.05) is 0 Å². The number of hydrogen-bond acceptors (Lipinski definition) is 4. The second kappa shape index (κ2) is 5.27. The smallest absolute Gasteiger partial charge is 0.376 e. The summed E-state index contributed by atoms with van der Waals surface area (Å²) >= 11 is 0. The lowest BCUT2D eigenvalue weighted by molar-refractivity contribution is -0.0500. The van der Waals surface area contributed by atoms with Gasteiger partial charge in [-0.05, 0) is 43.5 Å². The minimum Gasteiger partial charge on any atom is -0.376 e. The SMILES string of the molecule is CN1CC2(CCC2)N(c2ccc(OS(=O)(=O)C(F)(F)F)cc2)C1=O. The molecule has 10 heteroatoms. The zero-order valence-corrected chi connectivity index (χ0v) is 13.5. The van der Waals surface area contributed by atoms with Crippen LogP contribution in [0, 0.1) is 0 Å². The third-order valence-corrected chi connectivity index (χ3v) is 5.37. The summed E-state index contributed by atoms with van der Waals surface area (Å²) in [5, 5.41) is 0. The highest BCUT2D eigenvalue weighted by Gasteiger charge is 2.53. The van der Waals surface area contributed by atoms with Gasteiger partial charge in [0.05, 0.1) is 5.54 Å². The number of hydrogen-bond donors (Lipinski definition) is 0. The fraction of sp³-hybridized carbons (Fsp3) is 0.500. The first-order valence-corrected chi connectivity index (χ1v) is 8.63. The second-order valence-corrected chi connectivity index (χ2v) is 7.57. The molecule has 1 saturated heterocycles. The van der Waals surface area contributed by atoms with Crippen LogP contribution in [0.5, 0.6) is 5.75 Å². The van der Waals surface area contributed by atoms with Gasteiger partial charge in [0.25, 0.3) is 0 Å². The fourth-order valence-corrected chi connectivity index (χ4v) is 3.59. The van der Waals surface area contributed by atoms with Crippen LogP contribution in [0.1, 0.15) is 19.3 Å². The zero-order valence-electron chi connectivity index (χ0n) is 12.7. The molecule has 24 heavy (non-hydrogen) atoms. The maximum atomic E-state index is 12.3. The first kappa shape index (κ1) is 16.9. The number of benzene rings is 1. The molecule has 0 atom stereocenters. The Morgan fingerprint density at radius 1 is 1.17 bits per heavy atom. The molecular weight excluding hydrogens is 349 g/mol. The van der Waals surface area contributed by atoms with Crippen molar-refractivity contribution in [2.75, 3.05) is 18.5 Å². The van der Waals surface area contributed by atoms with E-state index >= 15 is 0 Å². The highest BCUT2D eigenvalue weighted by Crippen LogP contribution is 2.45. The lowest BCUT2D eigenvalue weighted by Gasteiger charge is -2.44. The van der Waals surface area contributed by atoms with Crippen molar-refractivity contribution in [3.05, 3.63) is 24.3 Å². The van der Waals surface area contributed by atoms with Crippen LogP contribution in [0.25, 0.3) is 0 Å². The Bertz CT molecular complexity index is 757. The van der Waals surface area contributed by atoms with E-state index in [1.165, 1.54) is 12.1 Å². The molecule has 1 heterocycles. The number of rotatable bonds is 3. The summed E-state index contributed by atoms with van der Waals surface area (Å²) in [6.07, 6.45) is 2.70. The molecule has 132 valence electrons. The molecule has 1 aromatic carbocycles.